The summed E-state index contributed by atoms with van der Waals surface area (Å²) in [6.45, 7) is 0. The number of alkyl halides is 3. The fourth-order valence-electron chi connectivity index (χ4n) is 1.68. The van der Waals surface area contributed by atoms with E-state index in [0.717, 1.165) is 12.1 Å². The number of halogens is 3. The van der Waals surface area contributed by atoms with E-state index in [1.165, 1.54) is 17.7 Å². The third-order valence-corrected chi connectivity index (χ3v) is 2.45. The van der Waals surface area contributed by atoms with Crippen molar-refractivity contribution >= 4 is 16.6 Å². The summed E-state index contributed by atoms with van der Waals surface area (Å²) in [5.41, 5.74) is 0.146. The van der Waals surface area contributed by atoms with Crippen LogP contribution in [-0.4, -0.2) is 16.0 Å². The Morgan fingerprint density at radius 1 is 1.39 bits per heavy atom. The molecule has 18 heavy (non-hydrogen) atoms. The summed E-state index contributed by atoms with van der Waals surface area (Å²) in [6, 6.07) is 3.44. The summed E-state index contributed by atoms with van der Waals surface area (Å²) in [4.78, 5) is 2.89. The first-order chi connectivity index (χ1) is 8.33. The Hall–Kier alpha value is -2.43. The van der Waals surface area contributed by atoms with Crippen molar-refractivity contribution in [1.82, 2.24) is 4.57 Å². The number of aromatic nitrogens is 1. The van der Waals surface area contributed by atoms with Gasteiger partial charge in [-0.1, -0.05) is 0 Å². The van der Waals surface area contributed by atoms with E-state index in [1.54, 1.807) is 0 Å². The molecule has 0 unspecified atom stereocenters. The van der Waals surface area contributed by atoms with Crippen LogP contribution in [0.1, 0.15) is 0 Å². The highest BCUT2D eigenvalue weighted by Crippen LogP contribution is 2.39. The number of hydrogen-bond donors (Lipinski definition) is 1. The molecule has 0 aliphatic rings. The first kappa shape index (κ1) is 12.0. The SMILES string of the molecule is Cn1c(O)c([N+]#N)c2ccc(OC(F)(F)F)cc21. The minimum absolute atomic E-state index is 0.106. The molecule has 0 radical (unpaired) electrons. The standard InChI is InChI=1S/C10H6F3N3O2/c1-16-7-4-5(18-10(11,12)13)2-3-6(7)8(15-14)9(16)17/h2-4H,1H3/p+1. The molecule has 1 N–H and O–H groups in total. The van der Waals surface area contributed by atoms with Crippen LogP contribution in [0.4, 0.5) is 18.9 Å². The van der Waals surface area contributed by atoms with Gasteiger partial charge in [-0.25, -0.2) is 0 Å². The second-order valence-corrected chi connectivity index (χ2v) is 3.56. The Kier molecular flexibility index (Phi) is 2.54. The summed E-state index contributed by atoms with van der Waals surface area (Å²) in [7, 11) is 1.42. The van der Waals surface area contributed by atoms with Crippen molar-refractivity contribution in [2.75, 3.05) is 0 Å². The molecule has 2 rings (SSSR count). The molecule has 0 bridgehead atoms. The molecular formula is C10H7F3N3O2+. The van der Waals surface area contributed by atoms with Crippen LogP contribution in [-0.2, 0) is 7.05 Å². The zero-order valence-electron chi connectivity index (χ0n) is 9.06. The van der Waals surface area contributed by atoms with E-state index in [2.05, 4.69) is 9.71 Å². The number of aryl methyl sites for hydroxylation is 1. The van der Waals surface area contributed by atoms with Crippen LogP contribution in [0.5, 0.6) is 11.6 Å². The van der Waals surface area contributed by atoms with Gasteiger partial charge in [-0.2, -0.15) is 0 Å². The zero-order valence-corrected chi connectivity index (χ0v) is 9.06. The first-order valence-electron chi connectivity index (χ1n) is 4.75. The summed E-state index contributed by atoms with van der Waals surface area (Å²) >= 11 is 0. The van der Waals surface area contributed by atoms with Crippen LogP contribution in [0.15, 0.2) is 18.2 Å². The molecule has 5 nitrogen and oxygen atoms in total. The fraction of sp³-hybridized carbons (Fsp3) is 0.200. The van der Waals surface area contributed by atoms with Gasteiger partial charge in [0, 0.05) is 13.1 Å². The molecule has 0 amide bonds. The van der Waals surface area contributed by atoms with Crippen molar-refractivity contribution in [3.05, 3.63) is 23.2 Å². The quantitative estimate of drug-likeness (QED) is 0.798. The predicted molar refractivity (Wildman–Crippen MR) is 56.0 cm³/mol. The van der Waals surface area contributed by atoms with Crippen molar-refractivity contribution in [2.24, 2.45) is 7.05 Å². The zero-order chi connectivity index (χ0) is 13.5. The Balaban J connectivity index is 2.60. The van der Waals surface area contributed by atoms with Gasteiger partial charge in [-0.05, 0) is 12.1 Å². The number of nitrogens with zero attached hydrogens (tertiary/aromatic N) is 3. The van der Waals surface area contributed by atoms with Gasteiger partial charge in [0.1, 0.15) is 5.75 Å². The molecule has 0 aliphatic heterocycles. The third-order valence-electron chi connectivity index (χ3n) is 2.45. The van der Waals surface area contributed by atoms with E-state index in [1.807, 2.05) is 0 Å². The van der Waals surface area contributed by atoms with E-state index >= 15 is 0 Å². The molecule has 0 saturated carbocycles. The maximum atomic E-state index is 12.1. The molecule has 94 valence electrons. The lowest BCUT2D eigenvalue weighted by Gasteiger charge is -2.08. The number of hydrogen-bond acceptors (Lipinski definition) is 3. The van der Waals surface area contributed by atoms with Gasteiger partial charge in [0.15, 0.2) is 4.98 Å². The fourth-order valence-corrected chi connectivity index (χ4v) is 1.68. The van der Waals surface area contributed by atoms with E-state index < -0.39 is 12.1 Å². The van der Waals surface area contributed by atoms with Crippen molar-refractivity contribution in [3.63, 3.8) is 0 Å². The maximum absolute atomic E-state index is 12.1. The molecule has 0 aliphatic carbocycles. The number of benzene rings is 1. The van der Waals surface area contributed by atoms with Gasteiger partial charge in [0.05, 0.1) is 10.9 Å². The molecular weight excluding hydrogens is 251 g/mol. The predicted octanol–water partition coefficient (Wildman–Crippen LogP) is 3.27. The topological polar surface area (TPSA) is 62.5 Å². The smallest absolute Gasteiger partial charge is 0.489 e. The first-order valence-corrected chi connectivity index (χ1v) is 4.75. The number of rotatable bonds is 1. The van der Waals surface area contributed by atoms with Gasteiger partial charge in [0.25, 0.3) is 5.88 Å². The van der Waals surface area contributed by atoms with Crippen molar-refractivity contribution in [1.29, 1.82) is 5.39 Å². The summed E-state index contributed by atoms with van der Waals surface area (Å²) < 4.78 is 41.1. The second-order valence-electron chi connectivity index (χ2n) is 3.56. The van der Waals surface area contributed by atoms with Crippen molar-refractivity contribution in [2.45, 2.75) is 6.36 Å². The van der Waals surface area contributed by atoms with E-state index in [-0.39, 0.29) is 17.1 Å². The monoisotopic (exact) mass is 258 g/mol. The number of diazo groups is 1. The Bertz CT molecular complexity index is 655. The Labute approximate surface area is 98.6 Å². The lowest BCUT2D eigenvalue weighted by Crippen LogP contribution is -2.17. The summed E-state index contributed by atoms with van der Waals surface area (Å²) in [5.74, 6) is -0.767. The maximum Gasteiger partial charge on any atom is 0.573 e. The highest BCUT2D eigenvalue weighted by Gasteiger charge is 2.32. The molecule has 0 fully saturated rings. The number of fused-ring (bicyclic) bond motifs is 1. The minimum Gasteiger partial charge on any atom is -0.489 e. The average molecular weight is 258 g/mol. The molecule has 1 heterocycles. The van der Waals surface area contributed by atoms with Crippen LogP contribution in [0.3, 0.4) is 0 Å². The summed E-state index contributed by atoms with van der Waals surface area (Å²) in [5, 5.41) is 18.6. The van der Waals surface area contributed by atoms with Crippen molar-refractivity contribution in [3.8, 4) is 11.6 Å². The highest BCUT2D eigenvalue weighted by molar-refractivity contribution is 5.97. The van der Waals surface area contributed by atoms with Crippen LogP contribution < -0.4 is 4.74 Å². The molecule has 0 spiro atoms. The Morgan fingerprint density at radius 2 is 2.06 bits per heavy atom. The molecule has 1 aromatic heterocycles. The molecule has 0 atom stereocenters. The van der Waals surface area contributed by atoms with Crippen LogP contribution in [0, 0.1) is 5.39 Å². The lowest BCUT2D eigenvalue weighted by atomic mass is 10.2. The van der Waals surface area contributed by atoms with E-state index in [0.29, 0.717) is 5.39 Å². The molecule has 0 saturated heterocycles. The number of aromatic hydroxyl groups is 1. The van der Waals surface area contributed by atoms with Crippen LogP contribution in [0.25, 0.3) is 15.9 Å². The average Bonchev–Trinajstić information content (AvgIpc) is 2.50. The van der Waals surface area contributed by atoms with Crippen molar-refractivity contribution < 1.29 is 23.0 Å². The highest BCUT2D eigenvalue weighted by atomic mass is 19.4. The normalized spacial score (nSPS) is 11.5. The minimum atomic E-state index is -4.79. The Morgan fingerprint density at radius 3 is 2.61 bits per heavy atom. The molecule has 2 aromatic rings. The van der Waals surface area contributed by atoms with Crippen LogP contribution >= 0.6 is 0 Å². The van der Waals surface area contributed by atoms with Gasteiger partial charge in [-0.15, -0.1) is 13.2 Å². The van der Waals surface area contributed by atoms with Gasteiger partial charge in [-0.3, -0.25) is 0 Å². The van der Waals surface area contributed by atoms with Gasteiger partial charge >= 0.3 is 12.0 Å². The van der Waals surface area contributed by atoms with E-state index in [4.69, 9.17) is 5.39 Å². The molecule has 1 aromatic carbocycles. The third kappa shape index (κ3) is 1.90. The second kappa shape index (κ2) is 3.80. The van der Waals surface area contributed by atoms with Gasteiger partial charge < -0.3 is 14.4 Å². The lowest BCUT2D eigenvalue weighted by molar-refractivity contribution is -0.274. The van der Waals surface area contributed by atoms with Crippen LogP contribution in [0.2, 0.25) is 0 Å². The van der Waals surface area contributed by atoms with E-state index in [9.17, 15) is 18.3 Å². The van der Waals surface area contributed by atoms with Gasteiger partial charge in [0.2, 0.25) is 5.39 Å². The number of ether oxygens (including phenoxy) is 1. The summed E-state index contributed by atoms with van der Waals surface area (Å²) in [6.07, 6.45) is -4.79. The molecule has 8 heteroatoms. The largest absolute Gasteiger partial charge is 0.573 e.